The minimum atomic E-state index is -0.169. The molecule has 1 heterocycles. The Morgan fingerprint density at radius 3 is 2.44 bits per heavy atom. The Balaban J connectivity index is 1.86. The fourth-order valence-corrected chi connectivity index (χ4v) is 2.00. The van der Waals surface area contributed by atoms with Gasteiger partial charge >= 0.3 is 0 Å². The number of anilines is 1. The van der Waals surface area contributed by atoms with E-state index in [0.717, 1.165) is 5.56 Å². The lowest BCUT2D eigenvalue weighted by molar-refractivity contribution is -0.112. The number of carbonyl (C=O) groups is 2. The first-order valence-electron chi connectivity index (χ1n) is 8.11. The van der Waals surface area contributed by atoms with E-state index in [1.807, 2.05) is 51.1 Å². The normalized spacial score (nSPS) is 11.3. The Morgan fingerprint density at radius 2 is 1.84 bits per heavy atom. The molecule has 2 aromatic rings. The van der Waals surface area contributed by atoms with Crippen LogP contribution in [0, 0.1) is 5.41 Å². The summed E-state index contributed by atoms with van der Waals surface area (Å²) in [6, 6.07) is 10.8. The molecule has 0 spiro atoms. The molecule has 0 aliphatic carbocycles. The van der Waals surface area contributed by atoms with Gasteiger partial charge in [-0.2, -0.15) is 0 Å². The molecule has 1 aromatic heterocycles. The number of pyridine rings is 1. The molecule has 0 atom stereocenters. The molecule has 0 fully saturated rings. The minimum absolute atomic E-state index is 0.0340. The summed E-state index contributed by atoms with van der Waals surface area (Å²) in [6.07, 6.45) is 6.56. The van der Waals surface area contributed by atoms with Crippen molar-refractivity contribution in [3.63, 3.8) is 0 Å². The molecular weight excluding hydrogens is 314 g/mol. The summed E-state index contributed by atoms with van der Waals surface area (Å²) in [4.78, 5) is 27.7. The summed E-state index contributed by atoms with van der Waals surface area (Å²) in [5.41, 5.74) is 2.15. The quantitative estimate of drug-likeness (QED) is 0.820. The van der Waals surface area contributed by atoms with Gasteiger partial charge in [-0.05, 0) is 41.3 Å². The molecule has 0 saturated carbocycles. The van der Waals surface area contributed by atoms with Gasteiger partial charge in [-0.25, -0.2) is 0 Å². The van der Waals surface area contributed by atoms with Crippen molar-refractivity contribution in [3.05, 3.63) is 72.1 Å². The highest BCUT2D eigenvalue weighted by Crippen LogP contribution is 2.15. The van der Waals surface area contributed by atoms with Gasteiger partial charge in [0.05, 0.1) is 5.56 Å². The van der Waals surface area contributed by atoms with E-state index in [0.29, 0.717) is 17.8 Å². The summed E-state index contributed by atoms with van der Waals surface area (Å²) >= 11 is 0. The maximum absolute atomic E-state index is 12.0. The van der Waals surface area contributed by atoms with Gasteiger partial charge in [0.2, 0.25) is 5.91 Å². The lowest BCUT2D eigenvalue weighted by atomic mass is 9.96. The second-order valence-corrected chi connectivity index (χ2v) is 6.81. The predicted molar refractivity (Wildman–Crippen MR) is 99.1 cm³/mol. The van der Waals surface area contributed by atoms with E-state index >= 15 is 0 Å². The van der Waals surface area contributed by atoms with Gasteiger partial charge in [0.25, 0.3) is 5.91 Å². The predicted octanol–water partition coefficient (Wildman–Crippen LogP) is 3.55. The van der Waals surface area contributed by atoms with Gasteiger partial charge in [-0.1, -0.05) is 39.0 Å². The number of carbonyl (C=O) groups excluding carboxylic acids is 2. The number of benzene rings is 1. The van der Waals surface area contributed by atoms with Crippen molar-refractivity contribution in [2.45, 2.75) is 27.3 Å². The van der Waals surface area contributed by atoms with Gasteiger partial charge < -0.3 is 10.6 Å². The van der Waals surface area contributed by atoms with Crippen LogP contribution in [-0.2, 0) is 11.3 Å². The smallest absolute Gasteiger partial charge is 0.253 e. The van der Waals surface area contributed by atoms with Crippen molar-refractivity contribution in [1.29, 1.82) is 0 Å². The molecule has 0 aliphatic heterocycles. The molecule has 25 heavy (non-hydrogen) atoms. The molecule has 130 valence electrons. The second-order valence-electron chi connectivity index (χ2n) is 6.81. The highest BCUT2D eigenvalue weighted by molar-refractivity contribution is 5.99. The van der Waals surface area contributed by atoms with E-state index in [2.05, 4.69) is 15.6 Å². The number of nitrogens with one attached hydrogen (secondary N) is 2. The largest absolute Gasteiger partial charge is 0.348 e. The topological polar surface area (TPSA) is 71.1 Å². The molecule has 0 saturated heterocycles. The zero-order valence-electron chi connectivity index (χ0n) is 14.7. The molecule has 2 N–H and O–H groups in total. The lowest BCUT2D eigenvalue weighted by Gasteiger charge is -2.11. The van der Waals surface area contributed by atoms with Crippen molar-refractivity contribution < 1.29 is 9.59 Å². The Labute approximate surface area is 148 Å². The molecule has 0 bridgehead atoms. The van der Waals surface area contributed by atoms with Crippen LogP contribution in [0.4, 0.5) is 5.69 Å². The number of allylic oxidation sites excluding steroid dienone is 1. The highest BCUT2D eigenvalue weighted by atomic mass is 16.2. The summed E-state index contributed by atoms with van der Waals surface area (Å²) < 4.78 is 0. The van der Waals surface area contributed by atoms with Gasteiger partial charge in [0, 0.05) is 24.6 Å². The standard InChI is InChI=1S/C20H23N3O2/c1-20(2,3)11-10-18(24)23-17-8-6-15(7-9-17)13-22-19(25)16-5-4-12-21-14-16/h4-12,14H,13H2,1-3H3,(H,22,25)(H,23,24)/b11-10+. The van der Waals surface area contributed by atoms with Crippen LogP contribution in [0.15, 0.2) is 60.9 Å². The Bertz CT molecular complexity index is 745. The minimum Gasteiger partial charge on any atom is -0.348 e. The molecule has 5 nitrogen and oxygen atoms in total. The van der Waals surface area contributed by atoms with Gasteiger partial charge in [0.15, 0.2) is 0 Å². The third-order valence-corrected chi connectivity index (χ3v) is 3.33. The molecule has 2 amide bonds. The van der Waals surface area contributed by atoms with E-state index in [1.54, 1.807) is 24.4 Å². The molecular formula is C20H23N3O2. The number of amides is 2. The monoisotopic (exact) mass is 337 g/mol. The Kier molecular flexibility index (Phi) is 6.06. The zero-order chi connectivity index (χ0) is 18.3. The maximum atomic E-state index is 12.0. The third kappa shape index (κ3) is 6.59. The van der Waals surface area contributed by atoms with Crippen molar-refractivity contribution in [1.82, 2.24) is 10.3 Å². The number of nitrogens with zero attached hydrogens (tertiary/aromatic N) is 1. The van der Waals surface area contributed by atoms with E-state index in [-0.39, 0.29) is 17.2 Å². The number of aromatic nitrogens is 1. The zero-order valence-corrected chi connectivity index (χ0v) is 14.7. The van der Waals surface area contributed by atoms with Crippen molar-refractivity contribution in [2.75, 3.05) is 5.32 Å². The van der Waals surface area contributed by atoms with E-state index < -0.39 is 0 Å². The molecule has 0 aliphatic rings. The number of hydrogen-bond acceptors (Lipinski definition) is 3. The van der Waals surface area contributed by atoms with E-state index in [1.165, 1.54) is 6.20 Å². The highest BCUT2D eigenvalue weighted by Gasteiger charge is 2.07. The first-order chi connectivity index (χ1) is 11.8. The van der Waals surface area contributed by atoms with E-state index in [4.69, 9.17) is 0 Å². The SMILES string of the molecule is CC(C)(C)/C=C/C(=O)Nc1ccc(CNC(=O)c2cccnc2)cc1. The van der Waals surface area contributed by atoms with Crippen LogP contribution in [0.25, 0.3) is 0 Å². The maximum Gasteiger partial charge on any atom is 0.253 e. The van der Waals surface area contributed by atoms with Crippen molar-refractivity contribution >= 4 is 17.5 Å². The van der Waals surface area contributed by atoms with Crippen LogP contribution in [0.5, 0.6) is 0 Å². The van der Waals surface area contributed by atoms with E-state index in [9.17, 15) is 9.59 Å². The van der Waals surface area contributed by atoms with Crippen LogP contribution in [-0.4, -0.2) is 16.8 Å². The Hall–Kier alpha value is -2.95. The van der Waals surface area contributed by atoms with Gasteiger partial charge in [-0.3, -0.25) is 14.6 Å². The van der Waals surface area contributed by atoms with Crippen molar-refractivity contribution in [2.24, 2.45) is 5.41 Å². The third-order valence-electron chi connectivity index (χ3n) is 3.33. The number of rotatable bonds is 5. The van der Waals surface area contributed by atoms with Crippen LogP contribution in [0.2, 0.25) is 0 Å². The van der Waals surface area contributed by atoms with Gasteiger partial charge in [0.1, 0.15) is 0 Å². The lowest BCUT2D eigenvalue weighted by Crippen LogP contribution is -2.22. The van der Waals surface area contributed by atoms with Crippen LogP contribution < -0.4 is 10.6 Å². The van der Waals surface area contributed by atoms with Crippen LogP contribution in [0.3, 0.4) is 0 Å². The first-order valence-corrected chi connectivity index (χ1v) is 8.11. The van der Waals surface area contributed by atoms with Crippen LogP contribution in [0.1, 0.15) is 36.7 Å². The number of hydrogen-bond donors (Lipinski definition) is 2. The second kappa shape index (κ2) is 8.24. The fourth-order valence-electron chi connectivity index (χ4n) is 2.00. The molecule has 2 rings (SSSR count). The molecule has 1 aromatic carbocycles. The summed E-state index contributed by atoms with van der Waals surface area (Å²) in [6.45, 7) is 6.51. The Morgan fingerprint density at radius 1 is 1.12 bits per heavy atom. The summed E-state index contributed by atoms with van der Waals surface area (Å²) in [7, 11) is 0. The molecule has 0 unspecified atom stereocenters. The summed E-state index contributed by atoms with van der Waals surface area (Å²) in [5.74, 6) is -0.328. The average molecular weight is 337 g/mol. The van der Waals surface area contributed by atoms with Crippen LogP contribution >= 0.6 is 0 Å². The summed E-state index contributed by atoms with van der Waals surface area (Å²) in [5, 5.41) is 5.65. The first kappa shape index (κ1) is 18.4. The fraction of sp³-hybridized carbons (Fsp3) is 0.250. The average Bonchev–Trinajstić information content (AvgIpc) is 2.59. The molecule has 5 heteroatoms. The molecule has 0 radical (unpaired) electrons. The van der Waals surface area contributed by atoms with Crippen molar-refractivity contribution in [3.8, 4) is 0 Å². The van der Waals surface area contributed by atoms with Gasteiger partial charge in [-0.15, -0.1) is 0 Å².